The SMILES string of the molecule is COc1cc(C)c(Cl)cc1S(=O)(=O)NCc1cccs1. The molecule has 0 unspecified atom stereocenters. The van der Waals surface area contributed by atoms with E-state index < -0.39 is 10.0 Å². The van der Waals surface area contributed by atoms with Crippen molar-refractivity contribution in [2.45, 2.75) is 18.4 Å². The molecule has 108 valence electrons. The Balaban J connectivity index is 2.31. The monoisotopic (exact) mass is 331 g/mol. The summed E-state index contributed by atoms with van der Waals surface area (Å²) in [4.78, 5) is 0.984. The fourth-order valence-electron chi connectivity index (χ4n) is 1.66. The quantitative estimate of drug-likeness (QED) is 0.915. The van der Waals surface area contributed by atoms with Gasteiger partial charge in [0.05, 0.1) is 7.11 Å². The lowest BCUT2D eigenvalue weighted by molar-refractivity contribution is 0.402. The van der Waals surface area contributed by atoms with E-state index in [1.807, 2.05) is 17.5 Å². The standard InChI is InChI=1S/C13H14ClNO3S2/c1-9-6-12(18-2)13(7-11(9)14)20(16,17)15-8-10-4-3-5-19-10/h3-7,15H,8H2,1-2H3. The van der Waals surface area contributed by atoms with Gasteiger partial charge in [0.1, 0.15) is 10.6 Å². The Morgan fingerprint density at radius 1 is 1.40 bits per heavy atom. The van der Waals surface area contributed by atoms with Crippen LogP contribution in [0, 0.1) is 6.92 Å². The van der Waals surface area contributed by atoms with Crippen LogP contribution in [0.4, 0.5) is 0 Å². The molecule has 0 aliphatic heterocycles. The number of nitrogens with one attached hydrogen (secondary N) is 1. The first-order chi connectivity index (χ1) is 9.44. The highest BCUT2D eigenvalue weighted by atomic mass is 35.5. The predicted octanol–water partition coefficient (Wildman–Crippen LogP) is 3.20. The molecule has 1 aromatic heterocycles. The average Bonchev–Trinajstić information content (AvgIpc) is 2.92. The van der Waals surface area contributed by atoms with Crippen molar-refractivity contribution < 1.29 is 13.2 Å². The van der Waals surface area contributed by atoms with Crippen LogP contribution in [0.2, 0.25) is 5.02 Å². The summed E-state index contributed by atoms with van der Waals surface area (Å²) < 4.78 is 32.3. The lowest BCUT2D eigenvalue weighted by Gasteiger charge is -2.12. The molecule has 0 fully saturated rings. The van der Waals surface area contributed by atoms with Crippen LogP contribution in [0.5, 0.6) is 5.75 Å². The molecule has 1 N–H and O–H groups in total. The molecule has 0 atom stereocenters. The summed E-state index contributed by atoms with van der Waals surface area (Å²) in [6, 6.07) is 6.76. The van der Waals surface area contributed by atoms with Gasteiger partial charge in [-0.15, -0.1) is 11.3 Å². The minimum atomic E-state index is -3.67. The van der Waals surface area contributed by atoms with E-state index >= 15 is 0 Å². The van der Waals surface area contributed by atoms with Crippen LogP contribution >= 0.6 is 22.9 Å². The van der Waals surface area contributed by atoms with E-state index in [1.165, 1.54) is 24.5 Å². The number of hydrogen-bond acceptors (Lipinski definition) is 4. The largest absolute Gasteiger partial charge is 0.495 e. The average molecular weight is 332 g/mol. The van der Waals surface area contributed by atoms with Gasteiger partial charge in [0.25, 0.3) is 0 Å². The van der Waals surface area contributed by atoms with Gasteiger partial charge in [-0.05, 0) is 36.1 Å². The number of methoxy groups -OCH3 is 1. The lowest BCUT2D eigenvalue weighted by Crippen LogP contribution is -2.23. The van der Waals surface area contributed by atoms with Crippen LogP contribution < -0.4 is 9.46 Å². The Hall–Kier alpha value is -1.08. The van der Waals surface area contributed by atoms with Crippen molar-refractivity contribution in [1.82, 2.24) is 4.72 Å². The third kappa shape index (κ3) is 3.32. The summed E-state index contributed by atoms with van der Waals surface area (Å²) in [5.74, 6) is 0.283. The van der Waals surface area contributed by atoms with Gasteiger partial charge < -0.3 is 4.74 Å². The number of benzene rings is 1. The van der Waals surface area contributed by atoms with Crippen LogP contribution in [0.1, 0.15) is 10.4 Å². The third-order valence-corrected chi connectivity index (χ3v) is 5.46. The van der Waals surface area contributed by atoms with Gasteiger partial charge in [-0.2, -0.15) is 0 Å². The predicted molar refractivity (Wildman–Crippen MR) is 81.1 cm³/mol. The van der Waals surface area contributed by atoms with Crippen molar-refractivity contribution in [1.29, 1.82) is 0 Å². The van der Waals surface area contributed by atoms with Crippen LogP contribution in [-0.2, 0) is 16.6 Å². The maximum atomic E-state index is 12.3. The van der Waals surface area contributed by atoms with Gasteiger partial charge in [-0.25, -0.2) is 13.1 Å². The number of aryl methyl sites for hydroxylation is 1. The van der Waals surface area contributed by atoms with Gasteiger partial charge in [-0.1, -0.05) is 17.7 Å². The van der Waals surface area contributed by atoms with Gasteiger partial charge in [0.2, 0.25) is 10.0 Å². The van der Waals surface area contributed by atoms with Crippen molar-refractivity contribution in [2.75, 3.05) is 7.11 Å². The van der Waals surface area contributed by atoms with Crippen molar-refractivity contribution in [3.8, 4) is 5.75 Å². The molecule has 0 radical (unpaired) electrons. The highest BCUT2D eigenvalue weighted by Gasteiger charge is 2.21. The number of hydrogen-bond donors (Lipinski definition) is 1. The first-order valence-corrected chi connectivity index (χ1v) is 8.54. The number of sulfonamides is 1. The van der Waals surface area contributed by atoms with E-state index in [0.29, 0.717) is 5.02 Å². The molecule has 0 amide bonds. The fraction of sp³-hybridized carbons (Fsp3) is 0.231. The molecule has 0 spiro atoms. The first kappa shape index (κ1) is 15.3. The number of thiophene rings is 1. The van der Waals surface area contributed by atoms with Gasteiger partial charge in [0, 0.05) is 16.4 Å². The summed E-state index contributed by atoms with van der Waals surface area (Å²) >= 11 is 7.49. The maximum absolute atomic E-state index is 12.3. The summed E-state index contributed by atoms with van der Waals surface area (Å²) in [6.07, 6.45) is 0. The maximum Gasteiger partial charge on any atom is 0.244 e. The number of rotatable bonds is 5. The highest BCUT2D eigenvalue weighted by Crippen LogP contribution is 2.30. The molecule has 0 saturated heterocycles. The molecular formula is C13H14ClNO3S2. The van der Waals surface area contributed by atoms with Crippen LogP contribution in [0.25, 0.3) is 0 Å². The van der Waals surface area contributed by atoms with Gasteiger partial charge in [0.15, 0.2) is 0 Å². The molecule has 0 bridgehead atoms. The van der Waals surface area contributed by atoms with Gasteiger partial charge in [-0.3, -0.25) is 0 Å². The Bertz CT molecular complexity index is 697. The topological polar surface area (TPSA) is 55.4 Å². The zero-order chi connectivity index (χ0) is 14.8. The van der Waals surface area contributed by atoms with Crippen LogP contribution in [0.3, 0.4) is 0 Å². The molecule has 7 heteroatoms. The molecule has 1 aromatic carbocycles. The van der Waals surface area contributed by atoms with Crippen LogP contribution in [0.15, 0.2) is 34.5 Å². The molecule has 2 rings (SSSR count). The Morgan fingerprint density at radius 3 is 2.75 bits per heavy atom. The summed E-state index contributed by atoms with van der Waals surface area (Å²) in [6.45, 7) is 2.04. The lowest BCUT2D eigenvalue weighted by atomic mass is 10.2. The highest BCUT2D eigenvalue weighted by molar-refractivity contribution is 7.89. The number of ether oxygens (including phenoxy) is 1. The molecule has 4 nitrogen and oxygen atoms in total. The second kappa shape index (κ2) is 6.13. The van der Waals surface area contributed by atoms with Crippen molar-refractivity contribution in [2.24, 2.45) is 0 Å². The third-order valence-electron chi connectivity index (χ3n) is 2.75. The summed E-state index contributed by atoms with van der Waals surface area (Å²) in [5, 5.41) is 2.29. The molecule has 0 saturated carbocycles. The van der Waals surface area contributed by atoms with E-state index in [-0.39, 0.29) is 17.2 Å². The van der Waals surface area contributed by atoms with Crippen molar-refractivity contribution in [3.63, 3.8) is 0 Å². The minimum absolute atomic E-state index is 0.0483. The second-order valence-corrected chi connectivity index (χ2v) is 7.33. The van der Waals surface area contributed by atoms with E-state index in [9.17, 15) is 8.42 Å². The summed E-state index contributed by atoms with van der Waals surface area (Å²) in [5.41, 5.74) is 0.765. The molecule has 0 aliphatic rings. The smallest absolute Gasteiger partial charge is 0.244 e. The molecule has 0 aliphatic carbocycles. The van der Waals surface area contributed by atoms with E-state index in [0.717, 1.165) is 10.4 Å². The van der Waals surface area contributed by atoms with Crippen LogP contribution in [-0.4, -0.2) is 15.5 Å². The molecule has 1 heterocycles. The molecule has 20 heavy (non-hydrogen) atoms. The normalized spacial score (nSPS) is 11.6. The molecule has 2 aromatic rings. The Morgan fingerprint density at radius 2 is 2.15 bits per heavy atom. The Labute approximate surface area is 127 Å². The summed E-state index contributed by atoms with van der Waals surface area (Å²) in [7, 11) is -2.24. The zero-order valence-corrected chi connectivity index (χ0v) is 13.4. The van der Waals surface area contributed by atoms with Gasteiger partial charge >= 0.3 is 0 Å². The second-order valence-electron chi connectivity index (χ2n) is 4.16. The fourth-order valence-corrected chi connectivity index (χ4v) is 3.81. The van der Waals surface area contributed by atoms with Crippen molar-refractivity contribution in [3.05, 3.63) is 45.1 Å². The van der Waals surface area contributed by atoms with Crippen molar-refractivity contribution >= 4 is 33.0 Å². The van der Waals surface area contributed by atoms with E-state index in [2.05, 4.69) is 4.72 Å². The first-order valence-electron chi connectivity index (χ1n) is 5.80. The number of halogens is 1. The molecular weight excluding hydrogens is 318 g/mol. The van der Waals surface area contributed by atoms with E-state index in [1.54, 1.807) is 13.0 Å². The van der Waals surface area contributed by atoms with E-state index in [4.69, 9.17) is 16.3 Å². The zero-order valence-electron chi connectivity index (χ0n) is 11.0. The Kier molecular flexibility index (Phi) is 4.70. The minimum Gasteiger partial charge on any atom is -0.495 e.